The average molecular weight is 449 g/mol. The van der Waals surface area contributed by atoms with Crippen LogP contribution in [0.1, 0.15) is 16.1 Å². The van der Waals surface area contributed by atoms with E-state index >= 15 is 0 Å². The molecule has 0 bridgehead atoms. The van der Waals surface area contributed by atoms with Crippen LogP contribution in [0.15, 0.2) is 47.8 Å². The van der Waals surface area contributed by atoms with Gasteiger partial charge in [-0.2, -0.15) is 0 Å². The first kappa shape index (κ1) is 20.2. The minimum absolute atomic E-state index is 0.0457. The molecule has 1 amide bonds. The highest BCUT2D eigenvalue weighted by Gasteiger charge is 2.21. The lowest BCUT2D eigenvalue weighted by atomic mass is 10.2. The maximum atomic E-state index is 12.5. The van der Waals surface area contributed by atoms with Crippen LogP contribution >= 0.6 is 34.5 Å². The number of benzene rings is 2. The van der Waals surface area contributed by atoms with Crippen LogP contribution in [0.2, 0.25) is 10.0 Å². The van der Waals surface area contributed by atoms with E-state index in [2.05, 4.69) is 4.98 Å². The number of thiazole rings is 1. The number of aromatic nitrogens is 1. The van der Waals surface area contributed by atoms with Gasteiger partial charge in [-0.3, -0.25) is 4.79 Å². The monoisotopic (exact) mass is 448 g/mol. The summed E-state index contributed by atoms with van der Waals surface area (Å²) in [5, 5.41) is 3.78. The van der Waals surface area contributed by atoms with Gasteiger partial charge in [0, 0.05) is 39.6 Å². The van der Waals surface area contributed by atoms with Crippen molar-refractivity contribution in [3.8, 4) is 16.3 Å². The van der Waals surface area contributed by atoms with E-state index in [1.54, 1.807) is 22.4 Å². The van der Waals surface area contributed by atoms with E-state index in [-0.39, 0.29) is 5.91 Å². The fraction of sp³-hybridized carbons (Fsp3) is 0.238. The van der Waals surface area contributed by atoms with Crippen molar-refractivity contribution in [3.63, 3.8) is 0 Å². The molecule has 1 aliphatic heterocycles. The van der Waals surface area contributed by atoms with Gasteiger partial charge in [-0.1, -0.05) is 29.3 Å². The van der Waals surface area contributed by atoms with E-state index in [0.717, 1.165) is 21.9 Å². The summed E-state index contributed by atoms with van der Waals surface area (Å²) in [5.74, 6) is 0.677. The molecule has 5 nitrogen and oxygen atoms in total. The Morgan fingerprint density at radius 3 is 2.62 bits per heavy atom. The van der Waals surface area contributed by atoms with Gasteiger partial charge < -0.3 is 14.4 Å². The summed E-state index contributed by atoms with van der Waals surface area (Å²) in [6.45, 7) is 2.71. The molecule has 1 fully saturated rings. The molecule has 0 saturated carbocycles. The van der Waals surface area contributed by atoms with Gasteiger partial charge in [-0.15, -0.1) is 11.3 Å². The summed E-state index contributed by atoms with van der Waals surface area (Å²) in [6.07, 6.45) is 0. The van der Waals surface area contributed by atoms with Crippen molar-refractivity contribution in [2.24, 2.45) is 0 Å². The Hall–Kier alpha value is -2.12. The minimum Gasteiger partial charge on any atom is -0.489 e. The van der Waals surface area contributed by atoms with Gasteiger partial charge in [0.2, 0.25) is 0 Å². The van der Waals surface area contributed by atoms with Crippen molar-refractivity contribution in [1.82, 2.24) is 9.88 Å². The van der Waals surface area contributed by atoms with Crippen molar-refractivity contribution in [3.05, 3.63) is 69.1 Å². The first-order valence-corrected chi connectivity index (χ1v) is 10.7. The van der Waals surface area contributed by atoms with Crippen LogP contribution in [-0.2, 0) is 11.3 Å². The van der Waals surface area contributed by atoms with Crippen LogP contribution in [0.3, 0.4) is 0 Å². The SMILES string of the molecule is O=C(c1csc(-c2ccc(OCc3ccc(Cl)cc3Cl)cc2)n1)N1CCOCC1. The van der Waals surface area contributed by atoms with E-state index in [1.807, 2.05) is 30.3 Å². The molecule has 0 radical (unpaired) electrons. The van der Waals surface area contributed by atoms with Crippen LogP contribution in [0.4, 0.5) is 0 Å². The van der Waals surface area contributed by atoms with Gasteiger partial charge in [-0.25, -0.2) is 4.98 Å². The van der Waals surface area contributed by atoms with E-state index in [9.17, 15) is 4.79 Å². The smallest absolute Gasteiger partial charge is 0.273 e. The third-order valence-electron chi connectivity index (χ3n) is 4.53. The third-order valence-corrected chi connectivity index (χ3v) is 6.01. The van der Waals surface area contributed by atoms with Crippen LogP contribution in [0.25, 0.3) is 10.6 Å². The molecule has 150 valence electrons. The van der Waals surface area contributed by atoms with Gasteiger partial charge >= 0.3 is 0 Å². The Balaban J connectivity index is 1.40. The first-order valence-electron chi connectivity index (χ1n) is 9.10. The van der Waals surface area contributed by atoms with Crippen molar-refractivity contribution in [2.75, 3.05) is 26.3 Å². The Morgan fingerprint density at radius 1 is 1.14 bits per heavy atom. The van der Waals surface area contributed by atoms with Gasteiger partial charge in [0.05, 0.1) is 13.2 Å². The van der Waals surface area contributed by atoms with E-state index in [1.165, 1.54) is 11.3 Å². The highest BCUT2D eigenvalue weighted by Crippen LogP contribution is 2.27. The minimum atomic E-state index is -0.0457. The number of amides is 1. The predicted molar refractivity (Wildman–Crippen MR) is 115 cm³/mol. The van der Waals surface area contributed by atoms with Crippen molar-refractivity contribution < 1.29 is 14.3 Å². The number of carbonyl (C=O) groups is 1. The Morgan fingerprint density at radius 2 is 1.90 bits per heavy atom. The van der Waals surface area contributed by atoms with Gasteiger partial charge in [0.15, 0.2) is 0 Å². The molecule has 0 atom stereocenters. The molecule has 0 N–H and O–H groups in total. The van der Waals surface area contributed by atoms with Gasteiger partial charge in [0.1, 0.15) is 23.1 Å². The number of hydrogen-bond acceptors (Lipinski definition) is 5. The van der Waals surface area contributed by atoms with E-state index in [0.29, 0.717) is 48.6 Å². The fourth-order valence-electron chi connectivity index (χ4n) is 2.93. The molecule has 3 aromatic rings. The molecule has 8 heteroatoms. The zero-order valence-corrected chi connectivity index (χ0v) is 17.8. The molecule has 0 spiro atoms. The lowest BCUT2D eigenvalue weighted by molar-refractivity contribution is 0.0299. The summed E-state index contributed by atoms with van der Waals surface area (Å²) < 4.78 is 11.1. The van der Waals surface area contributed by atoms with Crippen LogP contribution in [-0.4, -0.2) is 42.1 Å². The summed E-state index contributed by atoms with van der Waals surface area (Å²) in [7, 11) is 0. The van der Waals surface area contributed by atoms with E-state index < -0.39 is 0 Å². The molecule has 0 unspecified atom stereocenters. The summed E-state index contributed by atoms with van der Waals surface area (Å²) >= 11 is 13.5. The van der Waals surface area contributed by atoms with Crippen LogP contribution < -0.4 is 4.74 Å². The molecule has 0 aliphatic carbocycles. The highest BCUT2D eigenvalue weighted by molar-refractivity contribution is 7.13. The lowest BCUT2D eigenvalue weighted by Gasteiger charge is -2.25. The number of rotatable bonds is 5. The zero-order valence-electron chi connectivity index (χ0n) is 15.4. The number of hydrogen-bond donors (Lipinski definition) is 0. The quantitative estimate of drug-likeness (QED) is 0.540. The fourth-order valence-corrected chi connectivity index (χ4v) is 4.19. The molecule has 2 aromatic carbocycles. The molecule has 1 aromatic heterocycles. The highest BCUT2D eigenvalue weighted by atomic mass is 35.5. The summed E-state index contributed by atoms with van der Waals surface area (Å²) in [6, 6.07) is 13.0. The van der Waals surface area contributed by atoms with E-state index in [4.69, 9.17) is 32.7 Å². The van der Waals surface area contributed by atoms with Crippen LogP contribution in [0.5, 0.6) is 5.75 Å². The molecule has 2 heterocycles. The topological polar surface area (TPSA) is 51.7 Å². The van der Waals surface area contributed by atoms with Crippen molar-refractivity contribution in [2.45, 2.75) is 6.61 Å². The summed E-state index contributed by atoms with van der Waals surface area (Å²) in [4.78, 5) is 18.8. The van der Waals surface area contributed by atoms with Gasteiger partial charge in [-0.05, 0) is 36.4 Å². The number of halogens is 2. The third kappa shape index (κ3) is 4.90. The Kier molecular flexibility index (Phi) is 6.35. The second-order valence-electron chi connectivity index (χ2n) is 6.49. The molecule has 29 heavy (non-hydrogen) atoms. The number of morpholine rings is 1. The molecule has 4 rings (SSSR count). The van der Waals surface area contributed by atoms with Crippen LogP contribution in [0, 0.1) is 0 Å². The average Bonchev–Trinajstić information content (AvgIpc) is 3.24. The normalized spacial score (nSPS) is 14.1. The molecule has 1 aliphatic rings. The lowest BCUT2D eigenvalue weighted by Crippen LogP contribution is -2.40. The largest absolute Gasteiger partial charge is 0.489 e. The molecular weight excluding hydrogens is 431 g/mol. The standard InChI is InChI=1S/C21H18Cl2N2O3S/c22-16-4-1-15(18(23)11-16)12-28-17-5-2-14(3-6-17)20-24-19(13-29-20)21(26)25-7-9-27-10-8-25/h1-6,11,13H,7-10,12H2. The molecule has 1 saturated heterocycles. The second kappa shape index (κ2) is 9.13. The maximum Gasteiger partial charge on any atom is 0.273 e. The Labute approximate surface area is 182 Å². The van der Waals surface area contributed by atoms with Crippen molar-refractivity contribution >= 4 is 40.4 Å². The molecular formula is C21H18Cl2N2O3S. The Bertz CT molecular complexity index is 1000. The summed E-state index contributed by atoms with van der Waals surface area (Å²) in [5.41, 5.74) is 2.28. The number of ether oxygens (including phenoxy) is 2. The van der Waals surface area contributed by atoms with Gasteiger partial charge in [0.25, 0.3) is 5.91 Å². The first-order chi connectivity index (χ1) is 14.1. The second-order valence-corrected chi connectivity index (χ2v) is 8.19. The number of carbonyl (C=O) groups excluding carboxylic acids is 1. The maximum absolute atomic E-state index is 12.5. The number of nitrogens with zero attached hydrogens (tertiary/aromatic N) is 2. The predicted octanol–water partition coefficient (Wildman–Crippen LogP) is 5.17. The zero-order chi connectivity index (χ0) is 20.2. The van der Waals surface area contributed by atoms with Crippen molar-refractivity contribution in [1.29, 1.82) is 0 Å².